The van der Waals surface area contributed by atoms with E-state index in [0.29, 0.717) is 12.5 Å². The summed E-state index contributed by atoms with van der Waals surface area (Å²) < 4.78 is 23.6. The summed E-state index contributed by atoms with van der Waals surface area (Å²) in [5, 5.41) is 4.84. The molecule has 1 aliphatic rings. The van der Waals surface area contributed by atoms with Crippen LogP contribution in [0.5, 0.6) is 0 Å². The van der Waals surface area contributed by atoms with Gasteiger partial charge < -0.3 is 4.90 Å². The molecule has 1 heterocycles. The third-order valence-electron chi connectivity index (χ3n) is 2.40. The average molecular weight is 221 g/mol. The van der Waals surface area contributed by atoms with E-state index in [0.717, 1.165) is 19.6 Å². The Balaban J connectivity index is 2.18. The normalized spacial score (nSPS) is 21.3. The topological polar surface area (TPSA) is 75.4 Å². The van der Waals surface area contributed by atoms with Gasteiger partial charge in [-0.05, 0) is 31.8 Å². The lowest BCUT2D eigenvalue weighted by Gasteiger charge is -2.19. The smallest absolute Gasteiger partial charge is 0.274 e. The predicted molar refractivity (Wildman–Crippen MR) is 55.9 cm³/mol. The van der Waals surface area contributed by atoms with E-state index in [2.05, 4.69) is 9.62 Å². The highest BCUT2D eigenvalue weighted by molar-refractivity contribution is 7.87. The van der Waals surface area contributed by atoms with E-state index in [4.69, 9.17) is 5.14 Å². The van der Waals surface area contributed by atoms with E-state index < -0.39 is 10.2 Å². The lowest BCUT2D eigenvalue weighted by molar-refractivity contribution is 0.288. The first-order valence-electron chi connectivity index (χ1n) is 4.97. The fraction of sp³-hybridized carbons (Fsp3) is 1.00. The number of nitrogens with zero attached hydrogens (tertiary/aromatic N) is 1. The SMILES string of the molecule is CC(CNS(N)(=O)=O)CN1CCCC1. The maximum atomic E-state index is 10.6. The highest BCUT2D eigenvalue weighted by Crippen LogP contribution is 2.09. The molecule has 84 valence electrons. The molecule has 1 aliphatic heterocycles. The van der Waals surface area contributed by atoms with E-state index >= 15 is 0 Å². The van der Waals surface area contributed by atoms with Crippen LogP contribution < -0.4 is 9.86 Å². The van der Waals surface area contributed by atoms with Gasteiger partial charge in [-0.25, -0.2) is 9.86 Å². The van der Waals surface area contributed by atoms with Gasteiger partial charge in [0.2, 0.25) is 0 Å². The van der Waals surface area contributed by atoms with Crippen LogP contribution in [0.1, 0.15) is 19.8 Å². The number of rotatable bonds is 5. The summed E-state index contributed by atoms with van der Waals surface area (Å²) in [6.45, 7) is 5.67. The molecule has 1 saturated heterocycles. The van der Waals surface area contributed by atoms with Crippen LogP contribution in [0, 0.1) is 5.92 Å². The lowest BCUT2D eigenvalue weighted by Crippen LogP contribution is -2.37. The molecule has 0 aromatic carbocycles. The highest BCUT2D eigenvalue weighted by Gasteiger charge is 2.15. The van der Waals surface area contributed by atoms with Crippen molar-refractivity contribution in [3.8, 4) is 0 Å². The first-order valence-corrected chi connectivity index (χ1v) is 6.52. The first kappa shape index (κ1) is 11.9. The molecule has 0 aromatic heterocycles. The van der Waals surface area contributed by atoms with Crippen molar-refractivity contribution in [1.82, 2.24) is 9.62 Å². The molecule has 14 heavy (non-hydrogen) atoms. The van der Waals surface area contributed by atoms with Crippen molar-refractivity contribution in [1.29, 1.82) is 0 Å². The van der Waals surface area contributed by atoms with Crippen molar-refractivity contribution >= 4 is 10.2 Å². The lowest BCUT2D eigenvalue weighted by atomic mass is 10.2. The Morgan fingerprint density at radius 1 is 1.43 bits per heavy atom. The monoisotopic (exact) mass is 221 g/mol. The van der Waals surface area contributed by atoms with Crippen LogP contribution in [-0.4, -0.2) is 39.5 Å². The Hall–Kier alpha value is -0.170. The van der Waals surface area contributed by atoms with Gasteiger partial charge in [-0.1, -0.05) is 6.92 Å². The second-order valence-corrected chi connectivity index (χ2v) is 5.39. The molecule has 1 unspecified atom stereocenters. The molecular weight excluding hydrogens is 202 g/mol. The van der Waals surface area contributed by atoms with Crippen LogP contribution in [0.25, 0.3) is 0 Å². The second kappa shape index (κ2) is 5.06. The molecule has 0 radical (unpaired) electrons. The summed E-state index contributed by atoms with van der Waals surface area (Å²) in [5.74, 6) is 0.312. The third-order valence-corrected chi connectivity index (χ3v) is 2.97. The van der Waals surface area contributed by atoms with Crippen LogP contribution in [0.3, 0.4) is 0 Å². The summed E-state index contributed by atoms with van der Waals surface area (Å²) in [4.78, 5) is 2.36. The molecule has 1 fully saturated rings. The van der Waals surface area contributed by atoms with Gasteiger partial charge in [0.1, 0.15) is 0 Å². The molecule has 0 aliphatic carbocycles. The molecule has 0 amide bonds. The minimum absolute atomic E-state index is 0.312. The first-order chi connectivity index (χ1) is 6.47. The number of nitrogens with two attached hydrogens (primary N) is 1. The van der Waals surface area contributed by atoms with Crippen LogP contribution in [0.2, 0.25) is 0 Å². The fourth-order valence-corrected chi connectivity index (χ4v) is 2.25. The molecule has 0 aromatic rings. The Bertz CT molecular complexity index is 260. The summed E-state index contributed by atoms with van der Waals surface area (Å²) in [6, 6.07) is 0. The number of likely N-dealkylation sites (tertiary alicyclic amines) is 1. The van der Waals surface area contributed by atoms with Gasteiger partial charge in [0.25, 0.3) is 10.2 Å². The maximum absolute atomic E-state index is 10.6. The second-order valence-electron chi connectivity index (χ2n) is 4.01. The van der Waals surface area contributed by atoms with Crippen molar-refractivity contribution in [3.05, 3.63) is 0 Å². The van der Waals surface area contributed by atoms with Crippen LogP contribution in [-0.2, 0) is 10.2 Å². The zero-order valence-electron chi connectivity index (χ0n) is 8.57. The summed E-state index contributed by atoms with van der Waals surface area (Å²) in [5.41, 5.74) is 0. The van der Waals surface area contributed by atoms with Gasteiger partial charge in [-0.15, -0.1) is 0 Å². The molecular formula is C8H19N3O2S. The fourth-order valence-electron chi connectivity index (χ4n) is 1.73. The van der Waals surface area contributed by atoms with Gasteiger partial charge in [-0.2, -0.15) is 8.42 Å². The summed E-state index contributed by atoms with van der Waals surface area (Å²) in [6.07, 6.45) is 2.52. The quantitative estimate of drug-likeness (QED) is 0.658. The molecule has 0 bridgehead atoms. The van der Waals surface area contributed by atoms with E-state index in [9.17, 15) is 8.42 Å². The molecule has 0 saturated carbocycles. The van der Waals surface area contributed by atoms with Crippen LogP contribution in [0.15, 0.2) is 0 Å². The molecule has 3 N–H and O–H groups in total. The van der Waals surface area contributed by atoms with Gasteiger partial charge in [-0.3, -0.25) is 0 Å². The van der Waals surface area contributed by atoms with E-state index in [-0.39, 0.29) is 0 Å². The molecule has 5 nitrogen and oxygen atoms in total. The Kier molecular flexibility index (Phi) is 4.31. The molecule has 1 atom stereocenters. The molecule has 1 rings (SSSR count). The van der Waals surface area contributed by atoms with Gasteiger partial charge >= 0.3 is 0 Å². The van der Waals surface area contributed by atoms with Crippen molar-refractivity contribution < 1.29 is 8.42 Å². The highest BCUT2D eigenvalue weighted by atomic mass is 32.2. The van der Waals surface area contributed by atoms with Crippen molar-refractivity contribution in [3.63, 3.8) is 0 Å². The largest absolute Gasteiger partial charge is 0.303 e. The van der Waals surface area contributed by atoms with Gasteiger partial charge in [0.15, 0.2) is 0 Å². The van der Waals surface area contributed by atoms with Crippen molar-refractivity contribution in [2.24, 2.45) is 11.1 Å². The van der Waals surface area contributed by atoms with Crippen molar-refractivity contribution in [2.75, 3.05) is 26.2 Å². The zero-order chi connectivity index (χ0) is 10.6. The van der Waals surface area contributed by atoms with Crippen molar-refractivity contribution in [2.45, 2.75) is 19.8 Å². The van der Waals surface area contributed by atoms with Gasteiger partial charge in [0, 0.05) is 13.1 Å². The molecule has 6 heteroatoms. The standard InChI is InChI=1S/C8H19N3O2S/c1-8(6-10-14(9,12)13)7-11-4-2-3-5-11/h8,10H,2-7H2,1H3,(H2,9,12,13). The van der Waals surface area contributed by atoms with E-state index in [1.807, 2.05) is 6.92 Å². The maximum Gasteiger partial charge on any atom is 0.274 e. The zero-order valence-corrected chi connectivity index (χ0v) is 9.39. The Morgan fingerprint density at radius 3 is 2.50 bits per heavy atom. The number of nitrogens with one attached hydrogen (secondary N) is 1. The minimum Gasteiger partial charge on any atom is -0.303 e. The Morgan fingerprint density at radius 2 is 2.00 bits per heavy atom. The number of hydrogen-bond donors (Lipinski definition) is 2. The van der Waals surface area contributed by atoms with Crippen LogP contribution >= 0.6 is 0 Å². The minimum atomic E-state index is -3.52. The Labute approximate surface area is 85.8 Å². The van der Waals surface area contributed by atoms with Gasteiger partial charge in [0.05, 0.1) is 0 Å². The summed E-state index contributed by atoms with van der Waals surface area (Å²) >= 11 is 0. The van der Waals surface area contributed by atoms with E-state index in [1.54, 1.807) is 0 Å². The van der Waals surface area contributed by atoms with Crippen LogP contribution in [0.4, 0.5) is 0 Å². The predicted octanol–water partition coefficient (Wildman–Crippen LogP) is -0.489. The van der Waals surface area contributed by atoms with E-state index in [1.165, 1.54) is 12.8 Å². The third kappa shape index (κ3) is 4.90. The molecule has 0 spiro atoms. The summed E-state index contributed by atoms with van der Waals surface area (Å²) in [7, 11) is -3.52. The number of hydrogen-bond acceptors (Lipinski definition) is 3. The average Bonchev–Trinajstić information content (AvgIpc) is 2.52.